The number of nitrogens with one attached hydrogen (secondary N) is 1. The second-order valence-electron chi connectivity index (χ2n) is 4.22. The summed E-state index contributed by atoms with van der Waals surface area (Å²) in [7, 11) is 0. The molecule has 0 radical (unpaired) electrons. The van der Waals surface area contributed by atoms with Crippen LogP contribution in [0.15, 0.2) is 18.3 Å². The lowest BCUT2D eigenvalue weighted by atomic mass is 10.2. The van der Waals surface area contributed by atoms with E-state index in [-0.39, 0.29) is 0 Å². The van der Waals surface area contributed by atoms with Crippen molar-refractivity contribution in [3.05, 3.63) is 23.9 Å². The fourth-order valence-electron chi connectivity index (χ4n) is 2.27. The Morgan fingerprint density at radius 2 is 2.41 bits per heavy atom. The van der Waals surface area contributed by atoms with Gasteiger partial charge in [-0.15, -0.1) is 0 Å². The van der Waals surface area contributed by atoms with Gasteiger partial charge in [0.15, 0.2) is 0 Å². The van der Waals surface area contributed by atoms with Crippen molar-refractivity contribution in [3.63, 3.8) is 0 Å². The molecule has 5 heteroatoms. The monoisotopic (exact) mass is 267 g/mol. The van der Waals surface area contributed by atoms with Gasteiger partial charge in [-0.05, 0) is 31.2 Å². The van der Waals surface area contributed by atoms with Gasteiger partial charge >= 0.3 is 0 Å². The van der Waals surface area contributed by atoms with E-state index in [2.05, 4.69) is 16.6 Å². The average Bonchev–Trinajstić information content (AvgIpc) is 2.77. The normalized spacial score (nSPS) is 23.6. The van der Waals surface area contributed by atoms with Crippen molar-refractivity contribution in [2.24, 2.45) is 5.73 Å². The van der Waals surface area contributed by atoms with Crippen LogP contribution < -0.4 is 11.1 Å². The minimum Gasteiger partial charge on any atom is -0.389 e. The molecule has 0 saturated heterocycles. The molecule has 0 bridgehead atoms. The number of nitrogens with zero attached hydrogens (tertiary/aromatic N) is 1. The minimum atomic E-state index is 0.402. The number of aromatic nitrogens is 1. The van der Waals surface area contributed by atoms with Crippen molar-refractivity contribution >= 4 is 34.8 Å². The quantitative estimate of drug-likeness (QED) is 0.821. The molecule has 3 nitrogen and oxygen atoms in total. The first-order chi connectivity index (χ1) is 8.22. The number of thiocarbonyl (C=S) groups is 1. The van der Waals surface area contributed by atoms with Crippen molar-refractivity contribution in [1.29, 1.82) is 0 Å². The van der Waals surface area contributed by atoms with E-state index in [1.165, 1.54) is 19.3 Å². The minimum absolute atomic E-state index is 0.402. The Morgan fingerprint density at radius 1 is 1.59 bits per heavy atom. The number of hydrogen-bond acceptors (Lipinski definition) is 4. The fourth-order valence-corrected chi connectivity index (χ4v) is 3.37. The summed E-state index contributed by atoms with van der Waals surface area (Å²) in [6.45, 7) is 0. The highest BCUT2D eigenvalue weighted by Crippen LogP contribution is 2.30. The molecule has 0 spiro atoms. The van der Waals surface area contributed by atoms with Gasteiger partial charge in [0.2, 0.25) is 0 Å². The third-order valence-corrected chi connectivity index (χ3v) is 4.54. The molecule has 1 aliphatic carbocycles. The lowest BCUT2D eigenvalue weighted by molar-refractivity contribution is 0.763. The molecule has 2 unspecified atom stereocenters. The summed E-state index contributed by atoms with van der Waals surface area (Å²) in [4.78, 5) is 4.75. The fraction of sp³-hybridized carbons (Fsp3) is 0.500. The van der Waals surface area contributed by atoms with Gasteiger partial charge < -0.3 is 11.1 Å². The van der Waals surface area contributed by atoms with Crippen LogP contribution in [0.3, 0.4) is 0 Å². The standard InChI is InChI=1S/C12H17N3S2/c1-17-10-6-2-5-9(10)15-12-8(11(13)16)4-3-7-14-12/h3-4,7,9-10H,2,5-6H2,1H3,(H2,13,16)(H,14,15). The molecule has 2 atom stereocenters. The average molecular weight is 267 g/mol. The maximum absolute atomic E-state index is 5.70. The highest BCUT2D eigenvalue weighted by molar-refractivity contribution is 7.99. The van der Waals surface area contributed by atoms with Crippen molar-refractivity contribution in [2.45, 2.75) is 30.6 Å². The van der Waals surface area contributed by atoms with Crippen molar-refractivity contribution in [3.8, 4) is 0 Å². The smallest absolute Gasteiger partial charge is 0.136 e. The van der Waals surface area contributed by atoms with E-state index < -0.39 is 0 Å². The number of anilines is 1. The van der Waals surface area contributed by atoms with Gasteiger partial charge in [0, 0.05) is 17.5 Å². The Morgan fingerprint density at radius 3 is 3.12 bits per heavy atom. The van der Waals surface area contributed by atoms with Crippen LogP contribution in [0.5, 0.6) is 0 Å². The molecule has 2 rings (SSSR count). The number of thioether (sulfide) groups is 1. The molecule has 17 heavy (non-hydrogen) atoms. The maximum atomic E-state index is 5.70. The molecular weight excluding hydrogens is 250 g/mol. The van der Waals surface area contributed by atoms with Crippen LogP contribution in [0, 0.1) is 0 Å². The number of hydrogen-bond donors (Lipinski definition) is 2. The van der Waals surface area contributed by atoms with E-state index in [1.807, 2.05) is 23.9 Å². The topological polar surface area (TPSA) is 50.9 Å². The first-order valence-electron chi connectivity index (χ1n) is 5.76. The van der Waals surface area contributed by atoms with Crippen LogP contribution in [-0.4, -0.2) is 27.5 Å². The zero-order valence-electron chi connectivity index (χ0n) is 9.85. The molecule has 1 fully saturated rings. The predicted octanol–water partition coefficient (Wildman–Crippen LogP) is 2.41. The van der Waals surface area contributed by atoms with Gasteiger partial charge in [0.1, 0.15) is 10.8 Å². The van der Waals surface area contributed by atoms with Crippen LogP contribution in [-0.2, 0) is 0 Å². The van der Waals surface area contributed by atoms with E-state index in [9.17, 15) is 0 Å². The van der Waals surface area contributed by atoms with Crippen LogP contribution in [0.25, 0.3) is 0 Å². The third kappa shape index (κ3) is 2.90. The molecular formula is C12H17N3S2. The zero-order valence-corrected chi connectivity index (χ0v) is 11.5. The molecule has 1 aromatic heterocycles. The molecule has 92 valence electrons. The SMILES string of the molecule is CSC1CCCC1Nc1ncccc1C(N)=S. The lowest BCUT2D eigenvalue weighted by Gasteiger charge is -2.21. The van der Waals surface area contributed by atoms with Gasteiger partial charge in [0.25, 0.3) is 0 Å². The molecule has 1 aliphatic rings. The number of nitrogens with two attached hydrogens (primary N) is 1. The molecule has 0 aromatic carbocycles. The summed E-state index contributed by atoms with van der Waals surface area (Å²) in [6, 6.07) is 4.26. The molecule has 0 aliphatic heterocycles. The van der Waals surface area contributed by atoms with Crippen LogP contribution in [0.1, 0.15) is 24.8 Å². The molecule has 1 aromatic rings. The summed E-state index contributed by atoms with van der Waals surface area (Å²) in [6.07, 6.45) is 7.68. The van der Waals surface area contributed by atoms with Gasteiger partial charge in [0.05, 0.1) is 5.56 Å². The summed E-state index contributed by atoms with van der Waals surface area (Å²) in [5, 5.41) is 4.16. The van der Waals surface area contributed by atoms with E-state index in [0.29, 0.717) is 16.3 Å². The summed E-state index contributed by atoms with van der Waals surface area (Å²) in [5.74, 6) is 0.825. The Bertz CT molecular complexity index is 408. The van der Waals surface area contributed by atoms with Crippen LogP contribution in [0.4, 0.5) is 5.82 Å². The van der Waals surface area contributed by atoms with E-state index in [1.54, 1.807) is 6.20 Å². The van der Waals surface area contributed by atoms with Gasteiger partial charge in [-0.3, -0.25) is 0 Å². The third-order valence-electron chi connectivity index (χ3n) is 3.15. The van der Waals surface area contributed by atoms with E-state index >= 15 is 0 Å². The number of rotatable bonds is 4. The Kier molecular flexibility index (Phi) is 4.23. The summed E-state index contributed by atoms with van der Waals surface area (Å²) in [5.41, 5.74) is 6.54. The first kappa shape index (κ1) is 12.6. The second-order valence-corrected chi connectivity index (χ2v) is 5.74. The van der Waals surface area contributed by atoms with Gasteiger partial charge in [-0.2, -0.15) is 11.8 Å². The lowest BCUT2D eigenvalue weighted by Crippen LogP contribution is -2.28. The Labute approximate surface area is 112 Å². The van der Waals surface area contributed by atoms with E-state index in [0.717, 1.165) is 11.4 Å². The Balaban J connectivity index is 2.15. The van der Waals surface area contributed by atoms with Crippen molar-refractivity contribution in [2.75, 3.05) is 11.6 Å². The summed E-state index contributed by atoms with van der Waals surface area (Å²) < 4.78 is 0. The van der Waals surface area contributed by atoms with Crippen LogP contribution in [0.2, 0.25) is 0 Å². The molecule has 1 heterocycles. The second kappa shape index (κ2) is 5.69. The predicted molar refractivity (Wildman–Crippen MR) is 78.7 cm³/mol. The van der Waals surface area contributed by atoms with Gasteiger partial charge in [-0.1, -0.05) is 18.6 Å². The first-order valence-corrected chi connectivity index (χ1v) is 7.46. The molecule has 0 amide bonds. The van der Waals surface area contributed by atoms with Crippen molar-refractivity contribution in [1.82, 2.24) is 4.98 Å². The zero-order chi connectivity index (χ0) is 12.3. The maximum Gasteiger partial charge on any atom is 0.136 e. The van der Waals surface area contributed by atoms with E-state index in [4.69, 9.17) is 18.0 Å². The Hall–Kier alpha value is -0.810. The van der Waals surface area contributed by atoms with Crippen molar-refractivity contribution < 1.29 is 0 Å². The van der Waals surface area contributed by atoms with Gasteiger partial charge in [-0.25, -0.2) is 4.98 Å². The number of pyridine rings is 1. The largest absolute Gasteiger partial charge is 0.389 e. The van der Waals surface area contributed by atoms with Crippen LogP contribution >= 0.6 is 24.0 Å². The summed E-state index contributed by atoms with van der Waals surface area (Å²) >= 11 is 6.96. The highest BCUT2D eigenvalue weighted by atomic mass is 32.2. The molecule has 3 N–H and O–H groups in total. The highest BCUT2D eigenvalue weighted by Gasteiger charge is 2.27. The molecule has 1 saturated carbocycles.